The summed E-state index contributed by atoms with van der Waals surface area (Å²) in [6.45, 7) is 4.13. The maximum Gasteiger partial charge on any atom is 0.358 e. The van der Waals surface area contributed by atoms with Crippen LogP contribution >= 0.6 is 11.8 Å². The van der Waals surface area contributed by atoms with Crippen LogP contribution in [0.2, 0.25) is 0 Å². The molecule has 0 bridgehead atoms. The molecule has 56 heavy (non-hydrogen) atoms. The summed E-state index contributed by atoms with van der Waals surface area (Å²) in [5, 5.41) is 23.2. The maximum atomic E-state index is 12.7. The predicted octanol–water partition coefficient (Wildman–Crippen LogP) is 6.34. The normalized spacial score (nSPS) is 17.8. The van der Waals surface area contributed by atoms with Crippen LogP contribution in [0.1, 0.15) is 63.5 Å². The first-order chi connectivity index (χ1) is 27.0. The van der Waals surface area contributed by atoms with Crippen molar-refractivity contribution in [2.24, 2.45) is 0 Å². The van der Waals surface area contributed by atoms with Crippen LogP contribution in [0.3, 0.4) is 0 Å². The zero-order valence-electron chi connectivity index (χ0n) is 31.4. The van der Waals surface area contributed by atoms with Crippen molar-refractivity contribution in [3.63, 3.8) is 0 Å². The smallest absolute Gasteiger partial charge is 0.358 e. The third-order valence-electron chi connectivity index (χ3n) is 9.20. The fourth-order valence-electron chi connectivity index (χ4n) is 6.12. The minimum absolute atomic E-state index is 0.0588. The number of carbonyl (C=O) groups excluding carboxylic acids is 3. The van der Waals surface area contributed by atoms with E-state index in [2.05, 4.69) is 19.2 Å². The van der Waals surface area contributed by atoms with E-state index in [9.17, 15) is 33.8 Å². The van der Waals surface area contributed by atoms with Gasteiger partial charge in [-0.25, -0.2) is 4.79 Å². The van der Waals surface area contributed by atoms with Gasteiger partial charge in [0.25, 0.3) is 17.5 Å². The van der Waals surface area contributed by atoms with Crippen LogP contribution in [0, 0.1) is 10.1 Å². The van der Waals surface area contributed by atoms with Gasteiger partial charge >= 0.3 is 5.97 Å². The number of nitrogens with one attached hydrogen (secondary N) is 1. The van der Waals surface area contributed by atoms with Crippen molar-refractivity contribution in [1.82, 2.24) is 10.2 Å². The quantitative estimate of drug-likeness (QED) is 0.0479. The molecule has 300 valence electrons. The molecule has 2 N–H and O–H groups in total. The molecule has 3 aliphatic heterocycles. The third-order valence-corrected chi connectivity index (χ3v) is 12.2. The second-order valence-electron chi connectivity index (χ2n) is 13.4. The summed E-state index contributed by atoms with van der Waals surface area (Å²) in [7, 11) is -0.743. The lowest BCUT2D eigenvalue weighted by Crippen LogP contribution is -2.70. The summed E-state index contributed by atoms with van der Waals surface area (Å²) in [5.41, 5.74) is 1.30. The van der Waals surface area contributed by atoms with E-state index in [0.717, 1.165) is 35.0 Å². The Kier molecular flexibility index (Phi) is 15.6. The highest BCUT2D eigenvalue weighted by molar-refractivity contribution is 8.00. The van der Waals surface area contributed by atoms with E-state index in [0.29, 0.717) is 18.1 Å². The Morgan fingerprint density at radius 3 is 2.45 bits per heavy atom. The Labute approximate surface area is 332 Å². The number of aliphatic hydroxyl groups excluding tert-OH is 1. The van der Waals surface area contributed by atoms with Crippen LogP contribution < -0.4 is 19.5 Å². The molecule has 3 unspecified atom stereocenters. The number of rotatable bonds is 18. The number of carbonyl (C=O) groups is 3. The first-order valence-corrected chi connectivity index (χ1v) is 21.0. The van der Waals surface area contributed by atoms with Gasteiger partial charge in [0.1, 0.15) is 29.5 Å². The van der Waals surface area contributed by atoms with Crippen molar-refractivity contribution in [3.8, 4) is 17.2 Å². The molecule has 3 aromatic rings. The van der Waals surface area contributed by atoms with E-state index in [1.54, 1.807) is 24.3 Å². The zero-order valence-corrected chi connectivity index (χ0v) is 33.0. The number of β-lactam (4-membered cyclic amide) rings is 1. The monoisotopic (exact) mass is 809 g/mol. The molecule has 14 nitrogen and oxygen atoms in total. The molecule has 0 saturated carbocycles. The van der Waals surface area contributed by atoms with E-state index in [4.69, 9.17) is 18.9 Å². The number of ether oxygens (including phenoxy) is 4. The van der Waals surface area contributed by atoms with Crippen LogP contribution in [0.4, 0.5) is 5.69 Å². The summed E-state index contributed by atoms with van der Waals surface area (Å²) < 4.78 is 33.6. The lowest BCUT2D eigenvalue weighted by atomic mass is 10.0. The number of nitrogens with zero attached hydrogens (tertiary/aromatic N) is 2. The number of hydrogen-bond donors (Lipinski definition) is 2. The summed E-state index contributed by atoms with van der Waals surface area (Å²) in [5.74, 6) is 0.754. The van der Waals surface area contributed by atoms with Crippen LogP contribution in [0.5, 0.6) is 17.2 Å². The minimum atomic E-state index is -0.910. The summed E-state index contributed by atoms with van der Waals surface area (Å²) in [4.78, 5) is 48.8. The average Bonchev–Trinajstić information content (AvgIpc) is 3.68. The number of unbranched alkanes of at least 4 members (excludes halogenated alkanes) is 5. The Hall–Kier alpha value is -5.09. The first kappa shape index (κ1) is 42.1. The molecule has 2 amide bonds. The number of amides is 2. The molecule has 0 spiro atoms. The van der Waals surface area contributed by atoms with E-state index in [1.807, 2.05) is 24.3 Å². The molecule has 1 saturated heterocycles. The largest absolute Gasteiger partial charge is 0.509 e. The number of para-hydroxylation sites is 1. The van der Waals surface area contributed by atoms with Gasteiger partial charge < -0.3 is 29.4 Å². The van der Waals surface area contributed by atoms with Crippen molar-refractivity contribution >= 4 is 46.0 Å². The molecule has 4 atom stereocenters. The van der Waals surface area contributed by atoms with E-state index >= 15 is 0 Å². The van der Waals surface area contributed by atoms with Crippen LogP contribution in [-0.4, -0.2) is 78.5 Å². The zero-order chi connectivity index (χ0) is 40.0. The minimum Gasteiger partial charge on any atom is -0.509 e. The van der Waals surface area contributed by atoms with Crippen molar-refractivity contribution in [2.45, 2.75) is 82.1 Å². The highest BCUT2D eigenvalue weighted by atomic mass is 32.2. The number of hydrogen-bond acceptors (Lipinski definition) is 12. The Bertz CT molecular complexity index is 1890. The first-order valence-electron chi connectivity index (χ1n) is 18.6. The van der Waals surface area contributed by atoms with E-state index in [-0.39, 0.29) is 41.4 Å². The maximum absolute atomic E-state index is 12.7. The number of nitro groups is 1. The van der Waals surface area contributed by atoms with Crippen LogP contribution in [0.15, 0.2) is 84.3 Å². The molecule has 3 aromatic carbocycles. The molecule has 0 aliphatic carbocycles. The SMILES string of the molecule is CCCCCCCCS(=O)C(C)Cc1ccc2c(c1)OCO2.O=C(COc1ccccc1)NC1C(=O)N2C(C(=O)OCc3ccc([N+](=O)[O-])cc3)=C(O)CS[C@H]12. The lowest BCUT2D eigenvalue weighted by molar-refractivity contribution is -0.384. The number of nitro benzene ring substituents is 1. The van der Waals surface area contributed by atoms with Crippen molar-refractivity contribution in [1.29, 1.82) is 0 Å². The highest BCUT2D eigenvalue weighted by Gasteiger charge is 2.54. The van der Waals surface area contributed by atoms with Gasteiger partial charge in [-0.2, -0.15) is 0 Å². The Balaban J connectivity index is 0.000000236. The standard InChI is InChI=1S/C22H19N3O8S.C18H28O3S/c26-16-12-34-21-18(23-17(27)11-32-15-4-2-1-3-5-15)20(28)24(21)19(16)22(29)33-10-13-6-8-14(9-7-13)25(30)31;1-3-4-5-6-7-8-11-22(19)15(2)12-16-9-10-17-18(13-16)21-14-20-17/h1-9,18,21,26H,10-12H2,(H,23,27);9-10,13,15H,3-8,11-12,14H2,1-2H3/t18?,21-;/m1./s1. The molecule has 6 rings (SSSR count). The van der Waals surface area contributed by atoms with E-state index in [1.165, 1.54) is 73.7 Å². The summed E-state index contributed by atoms with van der Waals surface area (Å²) in [6.07, 6.45) is 8.32. The Morgan fingerprint density at radius 1 is 1.02 bits per heavy atom. The number of aliphatic hydroxyl groups is 1. The van der Waals surface area contributed by atoms with Gasteiger partial charge in [-0.3, -0.25) is 28.8 Å². The number of esters is 1. The van der Waals surface area contributed by atoms with Crippen LogP contribution in [-0.2, 0) is 42.9 Å². The van der Waals surface area contributed by atoms with Gasteiger partial charge in [-0.15, -0.1) is 11.8 Å². The molecule has 3 heterocycles. The van der Waals surface area contributed by atoms with Gasteiger partial charge in [-0.1, -0.05) is 70.2 Å². The summed E-state index contributed by atoms with van der Waals surface area (Å²) in [6, 6.07) is 19.3. The fraction of sp³-hybridized carbons (Fsp3) is 0.425. The molecule has 1 fully saturated rings. The average molecular weight is 810 g/mol. The van der Waals surface area contributed by atoms with Crippen molar-refractivity contribution in [2.75, 3.05) is 24.9 Å². The van der Waals surface area contributed by atoms with Gasteiger partial charge in [-0.05, 0) is 60.4 Å². The number of fused-ring (bicyclic) bond motifs is 2. The highest BCUT2D eigenvalue weighted by Crippen LogP contribution is 2.40. The molecular formula is C40H47N3O11S2. The van der Waals surface area contributed by atoms with Crippen LogP contribution in [0.25, 0.3) is 0 Å². The lowest BCUT2D eigenvalue weighted by Gasteiger charge is -2.48. The number of thioether (sulfide) groups is 1. The number of benzene rings is 3. The van der Waals surface area contributed by atoms with Gasteiger partial charge in [0.15, 0.2) is 23.8 Å². The second kappa shape index (κ2) is 20.7. The topological polar surface area (TPSA) is 184 Å². The van der Waals surface area contributed by atoms with Gasteiger partial charge in [0.2, 0.25) is 6.79 Å². The fourth-order valence-corrected chi connectivity index (χ4v) is 8.59. The van der Waals surface area contributed by atoms with Gasteiger partial charge in [0.05, 0.1) is 10.7 Å². The Morgan fingerprint density at radius 2 is 1.71 bits per heavy atom. The molecular weight excluding hydrogens is 763 g/mol. The number of non-ortho nitro benzene ring substituents is 1. The van der Waals surface area contributed by atoms with E-state index < -0.39 is 44.9 Å². The van der Waals surface area contributed by atoms with Crippen molar-refractivity contribution in [3.05, 3.63) is 105 Å². The predicted molar refractivity (Wildman–Crippen MR) is 212 cm³/mol. The second-order valence-corrected chi connectivity index (χ2v) is 16.5. The molecule has 0 radical (unpaired) electrons. The van der Waals surface area contributed by atoms with Gasteiger partial charge in [0, 0.05) is 33.9 Å². The summed E-state index contributed by atoms with van der Waals surface area (Å²) >= 11 is 1.20. The molecule has 3 aliphatic rings. The third kappa shape index (κ3) is 11.5. The van der Waals surface area contributed by atoms with Crippen molar-refractivity contribution < 1.29 is 47.6 Å². The molecule has 16 heteroatoms. The molecule has 0 aromatic heterocycles.